The van der Waals surface area contributed by atoms with Gasteiger partial charge in [-0.1, -0.05) is 69.7 Å². The first-order valence-corrected chi connectivity index (χ1v) is 8.13. The number of methoxy groups -OCH3 is 1. The Kier molecular flexibility index (Phi) is 11.0. The summed E-state index contributed by atoms with van der Waals surface area (Å²) in [4.78, 5) is 10.9. The molecule has 0 saturated carbocycles. The highest BCUT2D eigenvalue weighted by molar-refractivity contribution is 5.68. The van der Waals surface area contributed by atoms with Crippen LogP contribution in [0.4, 0.5) is 0 Å². The van der Waals surface area contributed by atoms with E-state index in [0.717, 1.165) is 38.5 Å². The lowest BCUT2D eigenvalue weighted by atomic mass is 10.1. The van der Waals surface area contributed by atoms with Crippen LogP contribution in [0.15, 0.2) is 24.3 Å². The minimum atomic E-state index is -1.69. The molecule has 0 aliphatic carbocycles. The van der Waals surface area contributed by atoms with Gasteiger partial charge in [0.25, 0.3) is 0 Å². The van der Waals surface area contributed by atoms with Crippen LogP contribution in [0.5, 0.6) is 0 Å². The van der Waals surface area contributed by atoms with E-state index in [1.54, 1.807) is 0 Å². The minimum absolute atomic E-state index is 0.120. The van der Waals surface area contributed by atoms with Gasteiger partial charge in [0.1, 0.15) is 0 Å². The molecule has 0 rings (SSSR count). The van der Waals surface area contributed by atoms with Crippen LogP contribution in [0, 0.1) is 0 Å². The Bertz CT molecular complexity index is 393. The molecular weight excluding hydrogens is 260 g/mol. The van der Waals surface area contributed by atoms with Crippen molar-refractivity contribution in [2.75, 3.05) is 7.11 Å². The number of allylic oxidation sites excluding steroid dienone is 4. The maximum Gasteiger partial charge on any atom is 0.305 e. The summed E-state index contributed by atoms with van der Waals surface area (Å²) in [5.41, 5.74) is 0. The third-order valence-corrected chi connectivity index (χ3v) is 3.30. The second-order valence-electron chi connectivity index (χ2n) is 5.19. The number of carbonyl (C=O) groups excluding carboxylic acids is 1. The van der Waals surface area contributed by atoms with Gasteiger partial charge in [-0.3, -0.25) is 4.79 Å². The minimum Gasteiger partial charge on any atom is -0.469 e. The monoisotopic (exact) mass is 298 g/mol. The predicted octanol–water partition coefficient (Wildman–Crippen LogP) is 5.97. The van der Waals surface area contributed by atoms with E-state index in [-0.39, 0.29) is 12.4 Å². The summed E-state index contributed by atoms with van der Waals surface area (Å²) in [7, 11) is 1.43. The van der Waals surface area contributed by atoms with Crippen LogP contribution in [0.1, 0.15) is 89.4 Å². The molecule has 0 aromatic heterocycles. The average molecular weight is 299 g/mol. The highest BCUT2D eigenvalue weighted by atomic mass is 16.5. The summed E-state index contributed by atoms with van der Waals surface area (Å²) in [5.74, 6) is -0.120. The number of carbonyl (C=O) groups is 1. The van der Waals surface area contributed by atoms with Crippen molar-refractivity contribution in [2.24, 2.45) is 0 Å². The van der Waals surface area contributed by atoms with Crippen LogP contribution in [-0.4, -0.2) is 13.1 Å². The first-order valence-electron chi connectivity index (χ1n) is 10.3. The fraction of sp³-hybridized carbons (Fsp3) is 0.737. The lowest BCUT2D eigenvalue weighted by Gasteiger charge is -1.99. The summed E-state index contributed by atoms with van der Waals surface area (Å²) >= 11 is 0. The maximum atomic E-state index is 10.9. The topological polar surface area (TPSA) is 26.3 Å². The molecule has 0 amide bonds. The van der Waals surface area contributed by atoms with Gasteiger partial charge in [0, 0.05) is 11.9 Å². The molecule has 0 N–H and O–H groups in total. The fourth-order valence-corrected chi connectivity index (χ4v) is 2.00. The molecule has 122 valence electrons. The van der Waals surface area contributed by atoms with Crippen LogP contribution in [-0.2, 0) is 9.53 Å². The van der Waals surface area contributed by atoms with Crippen LogP contribution < -0.4 is 0 Å². The Hall–Kier alpha value is -1.05. The molecule has 0 bridgehead atoms. The second kappa shape index (κ2) is 17.0. The molecule has 0 heterocycles. The largest absolute Gasteiger partial charge is 0.469 e. The van der Waals surface area contributed by atoms with Gasteiger partial charge < -0.3 is 4.74 Å². The summed E-state index contributed by atoms with van der Waals surface area (Å²) < 4.78 is 33.9. The zero-order valence-corrected chi connectivity index (χ0v) is 13.5. The number of hydrogen-bond donors (Lipinski definition) is 0. The summed E-state index contributed by atoms with van der Waals surface area (Å²) in [6, 6.07) is 0. The van der Waals surface area contributed by atoms with Gasteiger partial charge in [0.05, 0.1) is 7.11 Å². The molecule has 2 heteroatoms. The number of hydrogen-bond acceptors (Lipinski definition) is 2. The van der Waals surface area contributed by atoms with Crippen molar-refractivity contribution in [3.05, 3.63) is 24.3 Å². The van der Waals surface area contributed by atoms with Gasteiger partial charge in [-0.25, -0.2) is 0 Å². The quantitative estimate of drug-likeness (QED) is 0.224. The van der Waals surface area contributed by atoms with E-state index in [1.807, 2.05) is 6.08 Å². The van der Waals surface area contributed by atoms with Crippen molar-refractivity contribution in [2.45, 2.75) is 83.9 Å². The third kappa shape index (κ3) is 16.9. The molecule has 0 aromatic rings. The van der Waals surface area contributed by atoms with Gasteiger partial charge >= 0.3 is 5.97 Å². The van der Waals surface area contributed by atoms with E-state index in [0.29, 0.717) is 12.8 Å². The average Bonchev–Trinajstić information content (AvgIpc) is 2.57. The van der Waals surface area contributed by atoms with Gasteiger partial charge in [-0.05, 0) is 32.1 Å². The Morgan fingerprint density at radius 3 is 2.14 bits per heavy atom. The first kappa shape index (κ1) is 13.6. The first-order chi connectivity index (χ1) is 11.9. The van der Waals surface area contributed by atoms with Gasteiger partial charge in [0.15, 0.2) is 0 Å². The van der Waals surface area contributed by atoms with E-state index in [4.69, 9.17) is 5.48 Å². The lowest BCUT2D eigenvalue weighted by molar-refractivity contribution is -0.140. The standard InChI is InChI=1S/C19H34O2/c1-3-4-5-6-7-8-9-10-11-12-13-14-15-16-17-18-19(20)21-2/h8-11H,3-7,12-18H2,1-2H3/b9-8+,11-10+/i1D2,3D2. The SMILES string of the molecule is [2H]C([2H])C([2H])([2H])CCCC/C=C/C=C/CCCCCCCC(=O)OC. The lowest BCUT2D eigenvalue weighted by Crippen LogP contribution is -1.98. The van der Waals surface area contributed by atoms with Crippen LogP contribution in [0.25, 0.3) is 0 Å². The van der Waals surface area contributed by atoms with Crippen LogP contribution in [0.3, 0.4) is 0 Å². The number of rotatable bonds is 14. The zero-order valence-electron chi connectivity index (χ0n) is 17.5. The number of esters is 1. The van der Waals surface area contributed by atoms with E-state index in [1.165, 1.54) is 20.0 Å². The van der Waals surface area contributed by atoms with Crippen molar-refractivity contribution in [1.29, 1.82) is 0 Å². The molecule has 0 radical (unpaired) electrons. The van der Waals surface area contributed by atoms with E-state index >= 15 is 0 Å². The molecule has 0 saturated heterocycles. The molecule has 0 aliphatic rings. The molecule has 2 nitrogen and oxygen atoms in total. The summed E-state index contributed by atoms with van der Waals surface area (Å²) in [6.45, 7) is -1.40. The molecule has 0 spiro atoms. The molecule has 0 aliphatic heterocycles. The van der Waals surface area contributed by atoms with Crippen molar-refractivity contribution < 1.29 is 15.0 Å². The predicted molar refractivity (Wildman–Crippen MR) is 91.4 cm³/mol. The Morgan fingerprint density at radius 1 is 0.952 bits per heavy atom. The van der Waals surface area contributed by atoms with Crippen molar-refractivity contribution in [1.82, 2.24) is 0 Å². The highest BCUT2D eigenvalue weighted by Crippen LogP contribution is 2.08. The molecule has 0 fully saturated rings. The maximum absolute atomic E-state index is 10.9. The smallest absolute Gasteiger partial charge is 0.305 e. The Labute approximate surface area is 137 Å². The van der Waals surface area contributed by atoms with Crippen LogP contribution >= 0.6 is 0 Å². The van der Waals surface area contributed by atoms with Gasteiger partial charge in [0.2, 0.25) is 0 Å². The van der Waals surface area contributed by atoms with Crippen molar-refractivity contribution in [3.8, 4) is 0 Å². The molecule has 21 heavy (non-hydrogen) atoms. The summed E-state index contributed by atoms with van der Waals surface area (Å²) in [5, 5.41) is 0. The van der Waals surface area contributed by atoms with Crippen molar-refractivity contribution >= 4 is 5.97 Å². The third-order valence-electron chi connectivity index (χ3n) is 3.30. The Morgan fingerprint density at radius 2 is 1.52 bits per heavy atom. The molecule has 0 aromatic carbocycles. The normalized spacial score (nSPS) is 15.1. The van der Waals surface area contributed by atoms with Crippen molar-refractivity contribution in [3.63, 3.8) is 0 Å². The zero-order chi connectivity index (χ0) is 19.0. The van der Waals surface area contributed by atoms with E-state index in [2.05, 4.69) is 23.0 Å². The number of unbranched alkanes of at least 4 members (excludes halogenated alkanes) is 7. The van der Waals surface area contributed by atoms with E-state index in [9.17, 15) is 4.79 Å². The number of ether oxygens (including phenoxy) is 1. The van der Waals surface area contributed by atoms with Crippen LogP contribution in [0.2, 0.25) is 0 Å². The molecular formula is C19H34O2. The summed E-state index contributed by atoms with van der Waals surface area (Å²) in [6.07, 6.45) is 16.5. The molecule has 0 unspecified atom stereocenters. The van der Waals surface area contributed by atoms with E-state index < -0.39 is 13.2 Å². The Balaban J connectivity index is 3.42. The fourth-order valence-electron chi connectivity index (χ4n) is 2.00. The molecule has 0 atom stereocenters. The second-order valence-corrected chi connectivity index (χ2v) is 5.19. The van der Waals surface area contributed by atoms with Gasteiger partial charge in [-0.2, -0.15) is 0 Å². The highest BCUT2D eigenvalue weighted by Gasteiger charge is 1.98. The van der Waals surface area contributed by atoms with Gasteiger partial charge in [-0.15, -0.1) is 0 Å².